The number of alkyl halides is 3. The molecule has 1 aliphatic rings. The van der Waals surface area contributed by atoms with E-state index in [2.05, 4.69) is 20.5 Å². The maximum atomic E-state index is 12.4. The lowest BCUT2D eigenvalue weighted by Crippen LogP contribution is -2.47. The summed E-state index contributed by atoms with van der Waals surface area (Å²) < 4.78 is 37.2. The van der Waals surface area contributed by atoms with Crippen molar-refractivity contribution in [2.24, 2.45) is 0 Å². The standard InChI is InChI=1S/C13H19F3N4OS/c1-20-6-3-9(4-7-20)18-12(21)17-5-2-11-19-10(8-22-11)13(14,15)16/h8-9H,2-7H2,1H3,(H2,17,18,21). The number of nitrogens with zero attached hydrogens (tertiary/aromatic N) is 2. The molecule has 0 aromatic carbocycles. The third kappa shape index (κ3) is 5.13. The summed E-state index contributed by atoms with van der Waals surface area (Å²) in [5, 5.41) is 6.90. The molecule has 2 N–H and O–H groups in total. The highest BCUT2D eigenvalue weighted by Gasteiger charge is 2.33. The molecule has 1 aliphatic heterocycles. The first-order chi connectivity index (χ1) is 10.3. The van der Waals surface area contributed by atoms with Crippen LogP contribution in [0.3, 0.4) is 0 Å². The molecule has 0 saturated carbocycles. The van der Waals surface area contributed by atoms with E-state index in [1.165, 1.54) is 0 Å². The fourth-order valence-electron chi connectivity index (χ4n) is 2.23. The number of urea groups is 1. The van der Waals surface area contributed by atoms with Crippen molar-refractivity contribution in [3.8, 4) is 0 Å². The van der Waals surface area contributed by atoms with Gasteiger partial charge in [0.15, 0.2) is 5.69 Å². The topological polar surface area (TPSA) is 57.3 Å². The van der Waals surface area contributed by atoms with E-state index in [1.54, 1.807) is 0 Å². The van der Waals surface area contributed by atoms with Gasteiger partial charge in [-0.15, -0.1) is 11.3 Å². The van der Waals surface area contributed by atoms with Gasteiger partial charge >= 0.3 is 12.2 Å². The van der Waals surface area contributed by atoms with E-state index in [1.807, 2.05) is 7.05 Å². The van der Waals surface area contributed by atoms with Crippen LogP contribution in [0.4, 0.5) is 18.0 Å². The van der Waals surface area contributed by atoms with Crippen LogP contribution in [0.2, 0.25) is 0 Å². The van der Waals surface area contributed by atoms with Gasteiger partial charge in [0.05, 0.1) is 5.01 Å². The maximum absolute atomic E-state index is 12.4. The van der Waals surface area contributed by atoms with Gasteiger partial charge in [0, 0.05) is 24.4 Å². The van der Waals surface area contributed by atoms with Gasteiger partial charge in [-0.05, 0) is 33.0 Å². The summed E-state index contributed by atoms with van der Waals surface area (Å²) in [5.41, 5.74) is -0.872. The Morgan fingerprint density at radius 3 is 2.73 bits per heavy atom. The molecule has 5 nitrogen and oxygen atoms in total. The highest BCUT2D eigenvalue weighted by Crippen LogP contribution is 2.29. The van der Waals surface area contributed by atoms with E-state index in [9.17, 15) is 18.0 Å². The predicted octanol–water partition coefficient (Wildman–Crippen LogP) is 2.10. The fraction of sp³-hybridized carbons (Fsp3) is 0.692. The Balaban J connectivity index is 1.67. The SMILES string of the molecule is CN1CCC(NC(=O)NCCc2nc(C(F)(F)F)cs2)CC1. The molecule has 0 spiro atoms. The minimum Gasteiger partial charge on any atom is -0.338 e. The van der Waals surface area contributed by atoms with E-state index in [0.29, 0.717) is 11.4 Å². The average molecular weight is 336 g/mol. The van der Waals surface area contributed by atoms with Crippen LogP contribution < -0.4 is 10.6 Å². The minimum absolute atomic E-state index is 0.160. The van der Waals surface area contributed by atoms with Crippen LogP contribution >= 0.6 is 11.3 Å². The molecule has 1 saturated heterocycles. The normalized spacial score (nSPS) is 17.5. The van der Waals surface area contributed by atoms with Crippen LogP contribution in [-0.4, -0.2) is 48.6 Å². The molecule has 22 heavy (non-hydrogen) atoms. The van der Waals surface area contributed by atoms with Gasteiger partial charge in [0.25, 0.3) is 0 Å². The minimum atomic E-state index is -4.41. The van der Waals surface area contributed by atoms with Crippen LogP contribution in [0.5, 0.6) is 0 Å². The van der Waals surface area contributed by atoms with Crippen LogP contribution in [-0.2, 0) is 12.6 Å². The number of amides is 2. The Morgan fingerprint density at radius 2 is 2.14 bits per heavy atom. The second-order valence-corrected chi connectivity index (χ2v) is 6.29. The summed E-state index contributed by atoms with van der Waals surface area (Å²) in [7, 11) is 2.04. The molecule has 2 rings (SSSR count). The van der Waals surface area contributed by atoms with Crippen LogP contribution in [0.1, 0.15) is 23.5 Å². The third-order valence-corrected chi connectivity index (χ3v) is 4.43. The van der Waals surface area contributed by atoms with Crippen molar-refractivity contribution >= 4 is 17.4 Å². The first-order valence-electron chi connectivity index (χ1n) is 7.09. The van der Waals surface area contributed by atoms with E-state index in [-0.39, 0.29) is 18.6 Å². The lowest BCUT2D eigenvalue weighted by molar-refractivity contribution is -0.140. The molecule has 2 heterocycles. The number of halogens is 3. The van der Waals surface area contributed by atoms with Gasteiger partial charge in [0.1, 0.15) is 0 Å². The Bertz CT molecular complexity index is 498. The number of carbonyl (C=O) groups excluding carboxylic acids is 1. The van der Waals surface area contributed by atoms with Gasteiger partial charge in [-0.2, -0.15) is 13.2 Å². The highest BCUT2D eigenvalue weighted by atomic mass is 32.1. The maximum Gasteiger partial charge on any atom is 0.434 e. The number of carbonyl (C=O) groups is 1. The molecular weight excluding hydrogens is 317 g/mol. The Morgan fingerprint density at radius 1 is 1.45 bits per heavy atom. The van der Waals surface area contributed by atoms with Gasteiger partial charge < -0.3 is 15.5 Å². The van der Waals surface area contributed by atoms with Crippen molar-refractivity contribution in [1.29, 1.82) is 0 Å². The molecule has 0 bridgehead atoms. The zero-order valence-electron chi connectivity index (χ0n) is 12.2. The molecule has 9 heteroatoms. The number of hydrogen-bond donors (Lipinski definition) is 2. The molecule has 0 aliphatic carbocycles. The van der Waals surface area contributed by atoms with Crippen molar-refractivity contribution in [3.05, 3.63) is 16.1 Å². The van der Waals surface area contributed by atoms with E-state index >= 15 is 0 Å². The number of piperidine rings is 1. The van der Waals surface area contributed by atoms with E-state index in [0.717, 1.165) is 42.6 Å². The number of likely N-dealkylation sites (tertiary alicyclic amines) is 1. The van der Waals surface area contributed by atoms with Crippen molar-refractivity contribution in [2.75, 3.05) is 26.7 Å². The number of nitrogens with one attached hydrogen (secondary N) is 2. The molecule has 1 fully saturated rings. The lowest BCUT2D eigenvalue weighted by Gasteiger charge is -2.29. The molecule has 0 unspecified atom stereocenters. The van der Waals surface area contributed by atoms with Gasteiger partial charge in [-0.1, -0.05) is 0 Å². The van der Waals surface area contributed by atoms with Gasteiger partial charge in [0.2, 0.25) is 0 Å². The molecule has 1 aromatic rings. The number of hydrogen-bond acceptors (Lipinski definition) is 4. The van der Waals surface area contributed by atoms with Crippen LogP contribution in [0.25, 0.3) is 0 Å². The summed E-state index contributed by atoms with van der Waals surface area (Å²) in [4.78, 5) is 17.4. The summed E-state index contributed by atoms with van der Waals surface area (Å²) >= 11 is 0.956. The van der Waals surface area contributed by atoms with Crippen molar-refractivity contribution in [1.82, 2.24) is 20.5 Å². The Hall–Kier alpha value is -1.35. The quantitative estimate of drug-likeness (QED) is 0.885. The molecule has 124 valence electrons. The monoisotopic (exact) mass is 336 g/mol. The van der Waals surface area contributed by atoms with Crippen molar-refractivity contribution in [3.63, 3.8) is 0 Å². The second-order valence-electron chi connectivity index (χ2n) is 5.35. The Kier molecular flexibility index (Phi) is 5.63. The number of aromatic nitrogens is 1. The van der Waals surface area contributed by atoms with Crippen LogP contribution in [0, 0.1) is 0 Å². The van der Waals surface area contributed by atoms with E-state index in [4.69, 9.17) is 0 Å². The molecule has 0 atom stereocenters. The van der Waals surface area contributed by atoms with E-state index < -0.39 is 11.9 Å². The van der Waals surface area contributed by atoms with Gasteiger partial charge in [-0.25, -0.2) is 9.78 Å². The second kappa shape index (κ2) is 7.28. The number of rotatable bonds is 4. The lowest BCUT2D eigenvalue weighted by atomic mass is 10.1. The summed E-state index contributed by atoms with van der Waals surface area (Å²) in [5.74, 6) is 0. The summed E-state index contributed by atoms with van der Waals surface area (Å²) in [6.45, 7) is 2.16. The first-order valence-corrected chi connectivity index (χ1v) is 7.97. The third-order valence-electron chi connectivity index (χ3n) is 3.52. The smallest absolute Gasteiger partial charge is 0.338 e. The molecular formula is C13H19F3N4OS. The van der Waals surface area contributed by atoms with Gasteiger partial charge in [-0.3, -0.25) is 0 Å². The summed E-state index contributed by atoms with van der Waals surface area (Å²) in [6.07, 6.45) is -2.30. The fourth-order valence-corrected chi connectivity index (χ4v) is 3.03. The zero-order chi connectivity index (χ0) is 16.2. The first kappa shape index (κ1) is 17.0. The largest absolute Gasteiger partial charge is 0.434 e. The highest BCUT2D eigenvalue weighted by molar-refractivity contribution is 7.09. The average Bonchev–Trinajstić information content (AvgIpc) is 2.90. The van der Waals surface area contributed by atoms with Crippen molar-refractivity contribution < 1.29 is 18.0 Å². The summed E-state index contributed by atoms with van der Waals surface area (Å²) in [6, 6.07) is -0.116. The zero-order valence-corrected chi connectivity index (χ0v) is 13.1. The predicted molar refractivity (Wildman–Crippen MR) is 77.9 cm³/mol. The molecule has 0 radical (unpaired) electrons. The number of thiazole rings is 1. The molecule has 2 amide bonds. The van der Waals surface area contributed by atoms with Crippen LogP contribution in [0.15, 0.2) is 5.38 Å². The van der Waals surface area contributed by atoms with Crippen molar-refractivity contribution in [2.45, 2.75) is 31.5 Å². The molecule has 1 aromatic heterocycles. The Labute approximate surface area is 130 Å².